The van der Waals surface area contributed by atoms with Crippen molar-refractivity contribution in [1.82, 2.24) is 5.43 Å². The van der Waals surface area contributed by atoms with Crippen molar-refractivity contribution in [3.05, 3.63) is 12.7 Å². The molecule has 0 aliphatic heterocycles. The lowest BCUT2D eigenvalue weighted by Crippen LogP contribution is -2.30. The highest BCUT2D eigenvalue weighted by atomic mass is 16.6. The second-order valence-electron chi connectivity index (χ2n) is 4.64. The minimum absolute atomic E-state index is 0.490. The van der Waals surface area contributed by atoms with Crippen molar-refractivity contribution in [2.45, 2.75) is 52.6 Å². The summed E-state index contributed by atoms with van der Waals surface area (Å²) in [4.78, 5) is 11.2. The second kappa shape index (κ2) is 7.04. The Balaban J connectivity index is 3.88. The Morgan fingerprint density at radius 1 is 1.50 bits per heavy atom. The average Bonchev–Trinajstić information content (AvgIpc) is 2.12. The van der Waals surface area contributed by atoms with Crippen LogP contribution in [0.1, 0.15) is 47.0 Å². The average molecular weight is 226 g/mol. The van der Waals surface area contributed by atoms with Crippen molar-refractivity contribution < 1.29 is 9.53 Å². The first-order chi connectivity index (χ1) is 7.35. The Labute approximate surface area is 97.8 Å². The van der Waals surface area contributed by atoms with Gasteiger partial charge in [0.2, 0.25) is 0 Å². The smallest absolute Gasteiger partial charge is 0.428 e. The summed E-state index contributed by atoms with van der Waals surface area (Å²) < 4.78 is 5.04. The maximum absolute atomic E-state index is 11.2. The van der Waals surface area contributed by atoms with Crippen molar-refractivity contribution >= 4 is 11.8 Å². The third-order valence-electron chi connectivity index (χ3n) is 1.68. The zero-order valence-electron chi connectivity index (χ0n) is 10.7. The van der Waals surface area contributed by atoms with Gasteiger partial charge < -0.3 is 4.74 Å². The van der Waals surface area contributed by atoms with Gasteiger partial charge in [0.25, 0.3) is 0 Å². The van der Waals surface area contributed by atoms with Crippen molar-refractivity contribution in [3.63, 3.8) is 0 Å². The maximum atomic E-state index is 11.2. The first-order valence-corrected chi connectivity index (χ1v) is 5.48. The summed E-state index contributed by atoms with van der Waals surface area (Å²) in [7, 11) is 0. The largest absolute Gasteiger partial charge is 0.443 e. The van der Waals surface area contributed by atoms with Gasteiger partial charge in [-0.1, -0.05) is 6.08 Å². The molecule has 0 spiro atoms. The molecule has 0 aromatic heterocycles. The summed E-state index contributed by atoms with van der Waals surface area (Å²) in [6.45, 7) is 11.0. The van der Waals surface area contributed by atoms with E-state index >= 15 is 0 Å². The highest BCUT2D eigenvalue weighted by Gasteiger charge is 2.15. The van der Waals surface area contributed by atoms with Crippen LogP contribution in [0.5, 0.6) is 0 Å². The summed E-state index contributed by atoms with van der Waals surface area (Å²) in [6, 6.07) is 0. The number of amides is 1. The molecule has 4 nitrogen and oxygen atoms in total. The van der Waals surface area contributed by atoms with E-state index in [1.165, 1.54) is 0 Å². The van der Waals surface area contributed by atoms with Crippen LogP contribution in [0.4, 0.5) is 4.79 Å². The first-order valence-electron chi connectivity index (χ1n) is 5.48. The third-order valence-corrected chi connectivity index (χ3v) is 1.68. The van der Waals surface area contributed by atoms with E-state index < -0.39 is 11.7 Å². The fourth-order valence-corrected chi connectivity index (χ4v) is 1.00. The standard InChI is InChI=1S/C12H22N2O2/c1-6-7-8-9-10(2)13-14-11(15)16-12(3,4)5/h6H,1,7-9H2,2-5H3,(H,14,15)/b13-10+. The lowest BCUT2D eigenvalue weighted by molar-refractivity contribution is 0.0529. The molecular weight excluding hydrogens is 204 g/mol. The fraction of sp³-hybridized carbons (Fsp3) is 0.667. The Bertz CT molecular complexity index is 265. The minimum atomic E-state index is -0.518. The molecular formula is C12H22N2O2. The molecule has 0 aromatic rings. The molecule has 0 bridgehead atoms. The number of hydrogen-bond donors (Lipinski definition) is 1. The van der Waals surface area contributed by atoms with Gasteiger partial charge >= 0.3 is 6.09 Å². The van der Waals surface area contributed by atoms with Crippen LogP contribution in [0.25, 0.3) is 0 Å². The molecule has 0 radical (unpaired) electrons. The van der Waals surface area contributed by atoms with Crippen molar-refractivity contribution in [1.29, 1.82) is 0 Å². The predicted octanol–water partition coefficient (Wildman–Crippen LogP) is 3.24. The Morgan fingerprint density at radius 2 is 2.12 bits per heavy atom. The van der Waals surface area contributed by atoms with Gasteiger partial charge in [-0.05, 0) is 47.0 Å². The van der Waals surface area contributed by atoms with Crippen LogP contribution in [-0.2, 0) is 4.74 Å². The van der Waals surface area contributed by atoms with E-state index in [9.17, 15) is 4.79 Å². The van der Waals surface area contributed by atoms with Gasteiger partial charge in [-0.25, -0.2) is 10.2 Å². The van der Waals surface area contributed by atoms with Crippen LogP contribution in [0.3, 0.4) is 0 Å². The number of unbranched alkanes of at least 4 members (excludes halogenated alkanes) is 1. The minimum Gasteiger partial charge on any atom is -0.443 e. The zero-order chi connectivity index (χ0) is 12.6. The molecule has 0 heterocycles. The lowest BCUT2D eigenvalue weighted by atomic mass is 10.2. The highest BCUT2D eigenvalue weighted by Crippen LogP contribution is 2.06. The van der Waals surface area contributed by atoms with E-state index in [0.717, 1.165) is 25.0 Å². The van der Waals surface area contributed by atoms with Crippen LogP contribution >= 0.6 is 0 Å². The number of nitrogens with zero attached hydrogens (tertiary/aromatic N) is 1. The first kappa shape index (κ1) is 14.7. The Hall–Kier alpha value is -1.32. The van der Waals surface area contributed by atoms with Crippen molar-refractivity contribution in [2.75, 3.05) is 0 Å². The molecule has 0 unspecified atom stereocenters. The topological polar surface area (TPSA) is 50.7 Å². The molecule has 0 rings (SSSR count). The maximum Gasteiger partial charge on any atom is 0.428 e. The number of allylic oxidation sites excluding steroid dienone is 1. The summed E-state index contributed by atoms with van der Waals surface area (Å²) in [5.41, 5.74) is 2.76. The molecule has 1 amide bonds. The summed E-state index contributed by atoms with van der Waals surface area (Å²) in [6.07, 6.45) is 4.15. The predicted molar refractivity (Wildman–Crippen MR) is 66.5 cm³/mol. The van der Waals surface area contributed by atoms with Gasteiger partial charge in [0.1, 0.15) is 5.60 Å². The number of carbonyl (C=O) groups is 1. The number of nitrogens with one attached hydrogen (secondary N) is 1. The number of hydrazone groups is 1. The SMILES string of the molecule is C=CCCC/C(C)=N/NC(=O)OC(C)(C)C. The van der Waals surface area contributed by atoms with Gasteiger partial charge in [-0.2, -0.15) is 5.10 Å². The monoisotopic (exact) mass is 226 g/mol. The van der Waals surface area contributed by atoms with E-state index in [1.54, 1.807) is 0 Å². The highest BCUT2D eigenvalue weighted by molar-refractivity contribution is 5.83. The van der Waals surface area contributed by atoms with E-state index in [-0.39, 0.29) is 0 Å². The van der Waals surface area contributed by atoms with Crippen LogP contribution in [-0.4, -0.2) is 17.4 Å². The number of carbonyl (C=O) groups excluding carboxylic acids is 1. The third kappa shape index (κ3) is 9.24. The van der Waals surface area contributed by atoms with Gasteiger partial charge in [0.15, 0.2) is 0 Å². The summed E-state index contributed by atoms with van der Waals surface area (Å²) in [5, 5.41) is 3.94. The number of ether oxygens (including phenoxy) is 1. The van der Waals surface area contributed by atoms with Crippen LogP contribution < -0.4 is 5.43 Å². The number of rotatable bonds is 5. The molecule has 0 aliphatic rings. The second-order valence-corrected chi connectivity index (χ2v) is 4.64. The molecule has 0 fully saturated rings. The quantitative estimate of drug-likeness (QED) is 0.338. The van der Waals surface area contributed by atoms with Crippen LogP contribution in [0.2, 0.25) is 0 Å². The molecule has 92 valence electrons. The molecule has 4 heteroatoms. The normalized spacial score (nSPS) is 12.1. The van der Waals surface area contributed by atoms with E-state index in [0.29, 0.717) is 0 Å². The van der Waals surface area contributed by atoms with Gasteiger partial charge in [-0.15, -0.1) is 6.58 Å². The molecule has 0 atom stereocenters. The molecule has 1 N–H and O–H groups in total. The van der Waals surface area contributed by atoms with Crippen molar-refractivity contribution in [3.8, 4) is 0 Å². The lowest BCUT2D eigenvalue weighted by Gasteiger charge is -2.18. The summed E-state index contributed by atoms with van der Waals surface area (Å²) in [5.74, 6) is 0. The van der Waals surface area contributed by atoms with E-state index in [4.69, 9.17) is 4.74 Å². The van der Waals surface area contributed by atoms with E-state index in [1.807, 2.05) is 33.8 Å². The van der Waals surface area contributed by atoms with Crippen LogP contribution in [0, 0.1) is 0 Å². The van der Waals surface area contributed by atoms with E-state index in [2.05, 4.69) is 17.1 Å². The fourth-order valence-electron chi connectivity index (χ4n) is 1.00. The Morgan fingerprint density at radius 3 is 2.62 bits per heavy atom. The van der Waals surface area contributed by atoms with Gasteiger partial charge in [0.05, 0.1) is 0 Å². The molecule has 16 heavy (non-hydrogen) atoms. The molecule has 0 saturated carbocycles. The number of hydrogen-bond acceptors (Lipinski definition) is 3. The summed E-state index contributed by atoms with van der Waals surface area (Å²) >= 11 is 0. The molecule has 0 aromatic carbocycles. The Kier molecular flexibility index (Phi) is 6.46. The molecule has 0 saturated heterocycles. The van der Waals surface area contributed by atoms with Crippen LogP contribution in [0.15, 0.2) is 17.8 Å². The van der Waals surface area contributed by atoms with Crippen molar-refractivity contribution in [2.24, 2.45) is 5.10 Å². The van der Waals surface area contributed by atoms with Gasteiger partial charge in [0, 0.05) is 5.71 Å². The molecule has 0 aliphatic carbocycles. The van der Waals surface area contributed by atoms with Gasteiger partial charge in [-0.3, -0.25) is 0 Å². The zero-order valence-corrected chi connectivity index (χ0v) is 10.7.